The Morgan fingerprint density at radius 2 is 1.91 bits per heavy atom. The molecule has 2 aromatic rings. The number of aromatic nitrogens is 2. The lowest BCUT2D eigenvalue weighted by Crippen LogP contribution is -2.28. The Bertz CT molecular complexity index is 682. The van der Waals surface area contributed by atoms with Crippen molar-refractivity contribution in [3.63, 3.8) is 0 Å². The lowest BCUT2D eigenvalue weighted by molar-refractivity contribution is 0.0943. The Morgan fingerprint density at radius 1 is 1.17 bits per heavy atom. The highest BCUT2D eigenvalue weighted by molar-refractivity contribution is 5.92. The average molecular weight is 312 g/mol. The van der Waals surface area contributed by atoms with Gasteiger partial charge < -0.3 is 10.6 Å². The highest BCUT2D eigenvalue weighted by atomic mass is 16.1. The lowest BCUT2D eigenvalue weighted by Gasteiger charge is -2.11. The average Bonchev–Trinajstić information content (AvgIpc) is 2.51. The summed E-state index contributed by atoms with van der Waals surface area (Å²) in [5, 5.41) is 6.15. The van der Waals surface area contributed by atoms with Gasteiger partial charge >= 0.3 is 0 Å². The van der Waals surface area contributed by atoms with Gasteiger partial charge in [0.05, 0.1) is 0 Å². The predicted octanol–water partition coefficient (Wildman–Crippen LogP) is 3.09. The third kappa shape index (κ3) is 5.06. The Morgan fingerprint density at radius 3 is 2.61 bits per heavy atom. The molecule has 122 valence electrons. The van der Waals surface area contributed by atoms with E-state index in [-0.39, 0.29) is 5.91 Å². The Balaban J connectivity index is 2.08. The molecule has 0 saturated carbocycles. The number of hydrogen-bond acceptors (Lipinski definition) is 4. The van der Waals surface area contributed by atoms with E-state index in [2.05, 4.69) is 53.5 Å². The summed E-state index contributed by atoms with van der Waals surface area (Å²) in [6.45, 7) is 9.27. The van der Waals surface area contributed by atoms with E-state index in [0.717, 1.165) is 0 Å². The van der Waals surface area contributed by atoms with Crippen LogP contribution >= 0.6 is 0 Å². The zero-order valence-electron chi connectivity index (χ0n) is 14.2. The van der Waals surface area contributed by atoms with Crippen molar-refractivity contribution in [1.82, 2.24) is 15.3 Å². The number of hydrogen-bond donors (Lipinski definition) is 2. The molecule has 0 aliphatic rings. The molecule has 1 amide bonds. The lowest BCUT2D eigenvalue weighted by atomic mass is 10.1. The van der Waals surface area contributed by atoms with E-state index >= 15 is 0 Å². The van der Waals surface area contributed by atoms with Gasteiger partial charge in [-0.3, -0.25) is 4.79 Å². The summed E-state index contributed by atoms with van der Waals surface area (Å²) >= 11 is 0. The number of carbonyl (C=O) groups is 1. The fraction of sp³-hybridized carbons (Fsp3) is 0.389. The van der Waals surface area contributed by atoms with Gasteiger partial charge in [-0.2, -0.15) is 0 Å². The maximum atomic E-state index is 12.2. The van der Waals surface area contributed by atoms with Gasteiger partial charge in [-0.05, 0) is 30.9 Å². The third-order valence-electron chi connectivity index (χ3n) is 3.46. The Hall–Kier alpha value is -2.43. The van der Waals surface area contributed by atoms with Crippen molar-refractivity contribution in [3.8, 4) is 0 Å². The number of carbonyl (C=O) groups excluding carboxylic acids is 1. The van der Waals surface area contributed by atoms with Crippen LogP contribution in [0.25, 0.3) is 0 Å². The van der Waals surface area contributed by atoms with Gasteiger partial charge in [0.1, 0.15) is 17.3 Å². The quantitative estimate of drug-likeness (QED) is 0.860. The Kier molecular flexibility index (Phi) is 5.68. The minimum Gasteiger partial charge on any atom is -0.366 e. The van der Waals surface area contributed by atoms with Crippen molar-refractivity contribution in [1.29, 1.82) is 0 Å². The van der Waals surface area contributed by atoms with Gasteiger partial charge in [0, 0.05) is 19.2 Å². The van der Waals surface area contributed by atoms with Crippen LogP contribution in [-0.4, -0.2) is 22.4 Å². The van der Waals surface area contributed by atoms with Crippen LogP contribution in [0.15, 0.2) is 30.3 Å². The predicted molar refractivity (Wildman–Crippen MR) is 92.4 cm³/mol. The zero-order valence-corrected chi connectivity index (χ0v) is 14.2. The molecule has 0 radical (unpaired) electrons. The molecule has 2 rings (SSSR count). The second-order valence-electron chi connectivity index (χ2n) is 6.07. The summed E-state index contributed by atoms with van der Waals surface area (Å²) < 4.78 is 0. The van der Waals surface area contributed by atoms with Crippen LogP contribution in [0.5, 0.6) is 0 Å². The second kappa shape index (κ2) is 7.72. The van der Waals surface area contributed by atoms with E-state index in [1.165, 1.54) is 11.1 Å². The fourth-order valence-corrected chi connectivity index (χ4v) is 2.16. The molecule has 1 aromatic heterocycles. The number of anilines is 1. The first-order valence-corrected chi connectivity index (χ1v) is 7.88. The molecule has 5 nitrogen and oxygen atoms in total. The minimum atomic E-state index is -0.164. The van der Waals surface area contributed by atoms with Crippen molar-refractivity contribution in [2.24, 2.45) is 5.92 Å². The monoisotopic (exact) mass is 312 g/mol. The fourth-order valence-electron chi connectivity index (χ4n) is 2.16. The molecular weight excluding hydrogens is 288 g/mol. The van der Waals surface area contributed by atoms with E-state index < -0.39 is 0 Å². The molecule has 0 saturated heterocycles. The van der Waals surface area contributed by atoms with Crippen molar-refractivity contribution in [3.05, 3.63) is 53.0 Å². The van der Waals surface area contributed by atoms with Crippen LogP contribution < -0.4 is 10.6 Å². The summed E-state index contributed by atoms with van der Waals surface area (Å²) in [7, 11) is 0. The van der Waals surface area contributed by atoms with E-state index in [0.29, 0.717) is 36.3 Å². The number of nitrogens with zero attached hydrogens (tertiary/aromatic N) is 2. The summed E-state index contributed by atoms with van der Waals surface area (Å²) in [6, 6.07) is 9.88. The van der Waals surface area contributed by atoms with Crippen LogP contribution in [0.2, 0.25) is 0 Å². The van der Waals surface area contributed by atoms with Gasteiger partial charge in [-0.1, -0.05) is 38.1 Å². The standard InChI is InChI=1S/C18H24N4O/c1-12(2)10-20-18(23)16-9-17(22-14(4)21-16)19-11-15-8-6-5-7-13(15)3/h5-9,12H,10-11H2,1-4H3,(H,20,23)(H,19,21,22). The normalized spacial score (nSPS) is 10.7. The number of benzene rings is 1. The highest BCUT2D eigenvalue weighted by Gasteiger charge is 2.11. The molecule has 1 aromatic carbocycles. The Labute approximate surface area is 137 Å². The zero-order chi connectivity index (χ0) is 16.8. The molecular formula is C18H24N4O. The molecule has 5 heteroatoms. The first-order chi connectivity index (χ1) is 11.0. The smallest absolute Gasteiger partial charge is 0.270 e. The molecule has 0 aliphatic heterocycles. The largest absolute Gasteiger partial charge is 0.366 e. The van der Waals surface area contributed by atoms with Crippen LogP contribution in [0, 0.1) is 19.8 Å². The minimum absolute atomic E-state index is 0.164. The molecule has 0 fully saturated rings. The molecule has 23 heavy (non-hydrogen) atoms. The van der Waals surface area contributed by atoms with Gasteiger partial charge in [-0.15, -0.1) is 0 Å². The molecule has 0 aliphatic carbocycles. The summed E-state index contributed by atoms with van der Waals surface area (Å²) in [5.41, 5.74) is 2.82. The summed E-state index contributed by atoms with van der Waals surface area (Å²) in [4.78, 5) is 20.7. The third-order valence-corrected chi connectivity index (χ3v) is 3.46. The van der Waals surface area contributed by atoms with Crippen LogP contribution in [-0.2, 0) is 6.54 Å². The molecule has 0 unspecified atom stereocenters. The van der Waals surface area contributed by atoms with Crippen molar-refractivity contribution >= 4 is 11.7 Å². The molecule has 0 bridgehead atoms. The van der Waals surface area contributed by atoms with Crippen molar-refractivity contribution in [2.45, 2.75) is 34.2 Å². The van der Waals surface area contributed by atoms with Crippen LogP contribution in [0.3, 0.4) is 0 Å². The maximum absolute atomic E-state index is 12.2. The summed E-state index contributed by atoms with van der Waals surface area (Å²) in [5.74, 6) is 1.48. The molecule has 1 heterocycles. The van der Waals surface area contributed by atoms with E-state index in [1.54, 1.807) is 13.0 Å². The van der Waals surface area contributed by atoms with Gasteiger partial charge in [0.2, 0.25) is 0 Å². The van der Waals surface area contributed by atoms with Crippen LogP contribution in [0.4, 0.5) is 5.82 Å². The van der Waals surface area contributed by atoms with Gasteiger partial charge in [0.15, 0.2) is 0 Å². The van der Waals surface area contributed by atoms with E-state index in [9.17, 15) is 4.79 Å². The number of nitrogens with one attached hydrogen (secondary N) is 2. The molecule has 0 spiro atoms. The van der Waals surface area contributed by atoms with Gasteiger partial charge in [0.25, 0.3) is 5.91 Å². The van der Waals surface area contributed by atoms with Crippen molar-refractivity contribution in [2.75, 3.05) is 11.9 Å². The van der Waals surface area contributed by atoms with E-state index in [4.69, 9.17) is 0 Å². The number of rotatable bonds is 6. The molecule has 0 atom stereocenters. The SMILES string of the molecule is Cc1nc(NCc2ccccc2C)cc(C(=O)NCC(C)C)n1. The summed E-state index contributed by atoms with van der Waals surface area (Å²) in [6.07, 6.45) is 0. The first kappa shape index (κ1) is 16.9. The topological polar surface area (TPSA) is 66.9 Å². The second-order valence-corrected chi connectivity index (χ2v) is 6.07. The number of aryl methyl sites for hydroxylation is 2. The van der Waals surface area contributed by atoms with Crippen molar-refractivity contribution < 1.29 is 4.79 Å². The van der Waals surface area contributed by atoms with Crippen LogP contribution in [0.1, 0.15) is 41.3 Å². The number of amides is 1. The molecule has 2 N–H and O–H groups in total. The maximum Gasteiger partial charge on any atom is 0.270 e. The highest BCUT2D eigenvalue weighted by Crippen LogP contribution is 2.12. The van der Waals surface area contributed by atoms with Gasteiger partial charge in [-0.25, -0.2) is 9.97 Å². The van der Waals surface area contributed by atoms with E-state index in [1.807, 2.05) is 12.1 Å². The first-order valence-electron chi connectivity index (χ1n) is 7.88.